The fraction of sp³-hybridized carbons (Fsp3) is 0.179. The molecular formula is C28H24O8. The molecule has 36 heavy (non-hydrogen) atoms. The highest BCUT2D eigenvalue weighted by Crippen LogP contribution is 2.32. The van der Waals surface area contributed by atoms with Crippen LogP contribution in [0.5, 0.6) is 0 Å². The van der Waals surface area contributed by atoms with Crippen LogP contribution >= 0.6 is 0 Å². The molecule has 8 nitrogen and oxygen atoms in total. The number of benzene rings is 3. The predicted molar refractivity (Wildman–Crippen MR) is 128 cm³/mol. The van der Waals surface area contributed by atoms with Gasteiger partial charge in [0.15, 0.2) is 12.2 Å². The van der Waals surface area contributed by atoms with E-state index in [0.717, 1.165) is 0 Å². The molecule has 1 aliphatic heterocycles. The summed E-state index contributed by atoms with van der Waals surface area (Å²) < 4.78 is 28.2. The molecular weight excluding hydrogens is 464 g/mol. The molecule has 0 bridgehead atoms. The monoisotopic (exact) mass is 488 g/mol. The zero-order valence-corrected chi connectivity index (χ0v) is 19.4. The molecule has 0 saturated carbocycles. The van der Waals surface area contributed by atoms with Gasteiger partial charge in [0, 0.05) is 7.11 Å². The topological polar surface area (TPSA) is 97.4 Å². The Morgan fingerprint density at radius 3 is 1.44 bits per heavy atom. The molecule has 8 heteroatoms. The number of rotatable bonds is 7. The lowest BCUT2D eigenvalue weighted by molar-refractivity contribution is -0.234. The smallest absolute Gasteiger partial charge is 0.338 e. The van der Waals surface area contributed by atoms with E-state index in [1.807, 2.05) is 0 Å². The van der Waals surface area contributed by atoms with Crippen LogP contribution in [0, 0.1) is 0 Å². The van der Waals surface area contributed by atoms with Crippen molar-refractivity contribution in [2.45, 2.75) is 24.6 Å². The van der Waals surface area contributed by atoms with E-state index in [0.29, 0.717) is 0 Å². The Balaban J connectivity index is 1.66. The molecule has 0 radical (unpaired) electrons. The van der Waals surface area contributed by atoms with Crippen molar-refractivity contribution in [1.82, 2.24) is 0 Å². The summed E-state index contributed by atoms with van der Waals surface area (Å²) in [6.07, 6.45) is -5.06. The third-order valence-corrected chi connectivity index (χ3v) is 5.46. The normalized spacial score (nSPS) is 21.1. The van der Waals surface area contributed by atoms with Crippen LogP contribution in [0.2, 0.25) is 0 Å². The Morgan fingerprint density at radius 2 is 1.03 bits per heavy atom. The number of carbonyl (C=O) groups is 3. The van der Waals surface area contributed by atoms with Crippen LogP contribution in [0.25, 0.3) is 0 Å². The molecule has 3 aromatic rings. The van der Waals surface area contributed by atoms with Crippen LogP contribution in [0.3, 0.4) is 0 Å². The van der Waals surface area contributed by atoms with Crippen molar-refractivity contribution in [3.05, 3.63) is 120 Å². The minimum atomic E-state index is -1.32. The van der Waals surface area contributed by atoms with Crippen molar-refractivity contribution in [1.29, 1.82) is 0 Å². The quantitative estimate of drug-likeness (QED) is 0.361. The maximum Gasteiger partial charge on any atom is 0.338 e. The molecule has 1 heterocycles. The summed E-state index contributed by atoms with van der Waals surface area (Å²) >= 11 is 0. The van der Waals surface area contributed by atoms with E-state index >= 15 is 0 Å². The van der Waals surface area contributed by atoms with E-state index in [4.69, 9.17) is 23.7 Å². The van der Waals surface area contributed by atoms with Gasteiger partial charge in [-0.3, -0.25) is 0 Å². The molecule has 4 rings (SSSR count). The largest absolute Gasteiger partial charge is 0.462 e. The van der Waals surface area contributed by atoms with Crippen LogP contribution in [0.4, 0.5) is 0 Å². The number of hydrogen-bond acceptors (Lipinski definition) is 8. The summed E-state index contributed by atoms with van der Waals surface area (Å²) in [6, 6.07) is 24.8. The average molecular weight is 488 g/mol. The number of esters is 3. The highest BCUT2D eigenvalue weighted by Gasteiger charge is 2.50. The molecule has 1 fully saturated rings. The Labute approximate surface area is 208 Å². The van der Waals surface area contributed by atoms with Crippen molar-refractivity contribution < 1.29 is 38.1 Å². The van der Waals surface area contributed by atoms with Crippen molar-refractivity contribution in [2.24, 2.45) is 0 Å². The molecule has 1 saturated heterocycles. The minimum Gasteiger partial charge on any atom is -0.462 e. The number of hydrogen-bond donors (Lipinski definition) is 0. The Bertz CT molecular complexity index is 1210. The maximum atomic E-state index is 13.0. The van der Waals surface area contributed by atoms with Gasteiger partial charge >= 0.3 is 17.9 Å². The van der Waals surface area contributed by atoms with Crippen LogP contribution in [0.1, 0.15) is 31.1 Å². The summed E-state index contributed by atoms with van der Waals surface area (Å²) in [5, 5.41) is 0. The van der Waals surface area contributed by atoms with Gasteiger partial charge in [-0.15, -0.1) is 0 Å². The zero-order valence-electron chi connectivity index (χ0n) is 19.4. The van der Waals surface area contributed by atoms with Crippen molar-refractivity contribution in [2.75, 3.05) is 7.11 Å². The molecule has 0 spiro atoms. The number of carbonyl (C=O) groups excluding carboxylic acids is 3. The van der Waals surface area contributed by atoms with Gasteiger partial charge in [0.1, 0.15) is 5.76 Å². The summed E-state index contributed by atoms with van der Waals surface area (Å²) in [6.45, 7) is 3.83. The first-order chi connectivity index (χ1) is 17.5. The molecule has 184 valence electrons. The van der Waals surface area contributed by atoms with E-state index in [2.05, 4.69) is 6.58 Å². The molecule has 0 N–H and O–H groups in total. The summed E-state index contributed by atoms with van der Waals surface area (Å²) in [4.78, 5) is 38.8. The van der Waals surface area contributed by atoms with Crippen LogP contribution in [0.15, 0.2) is 103 Å². The highest BCUT2D eigenvalue weighted by atomic mass is 16.7. The second-order valence-corrected chi connectivity index (χ2v) is 7.85. The Kier molecular flexibility index (Phi) is 7.77. The molecule has 0 amide bonds. The van der Waals surface area contributed by atoms with Crippen LogP contribution < -0.4 is 0 Å². The first kappa shape index (κ1) is 24.7. The van der Waals surface area contributed by atoms with Gasteiger partial charge in [0.25, 0.3) is 0 Å². The molecule has 0 aliphatic carbocycles. The Morgan fingerprint density at radius 1 is 0.639 bits per heavy atom. The standard InChI is InChI=1S/C28H24O8/c1-18-22(34-25(29)19-12-6-3-7-13-19)23(35-26(30)20-14-8-4-9-15-20)24(28(32-2)33-18)36-27(31)21-16-10-5-11-17-21/h3-17,22-24,28H,1H2,2H3/t22-,23+,24+,28+/m1/s1. The van der Waals surface area contributed by atoms with E-state index in [1.54, 1.807) is 91.0 Å². The first-order valence-corrected chi connectivity index (χ1v) is 11.1. The average Bonchev–Trinajstić information content (AvgIpc) is 2.93. The van der Waals surface area contributed by atoms with Gasteiger partial charge in [-0.2, -0.15) is 0 Å². The van der Waals surface area contributed by atoms with Gasteiger partial charge in [0.2, 0.25) is 12.4 Å². The third kappa shape index (κ3) is 5.61. The third-order valence-electron chi connectivity index (χ3n) is 5.46. The van der Waals surface area contributed by atoms with Gasteiger partial charge < -0.3 is 23.7 Å². The van der Waals surface area contributed by atoms with Gasteiger partial charge in [-0.25, -0.2) is 14.4 Å². The van der Waals surface area contributed by atoms with Crippen LogP contribution in [-0.2, 0) is 23.7 Å². The van der Waals surface area contributed by atoms with Crippen LogP contribution in [-0.4, -0.2) is 49.6 Å². The lowest BCUT2D eigenvalue weighted by atomic mass is 10.0. The molecule has 0 unspecified atom stereocenters. The van der Waals surface area contributed by atoms with Gasteiger partial charge in [-0.05, 0) is 36.4 Å². The summed E-state index contributed by atoms with van der Waals surface area (Å²) in [5.41, 5.74) is 0.790. The second-order valence-electron chi connectivity index (χ2n) is 7.85. The van der Waals surface area contributed by atoms with Crippen molar-refractivity contribution in [3.8, 4) is 0 Å². The van der Waals surface area contributed by atoms with E-state index < -0.39 is 42.5 Å². The fourth-order valence-corrected chi connectivity index (χ4v) is 3.65. The number of ether oxygens (including phenoxy) is 5. The van der Waals surface area contributed by atoms with E-state index in [-0.39, 0.29) is 22.4 Å². The maximum absolute atomic E-state index is 13.0. The van der Waals surface area contributed by atoms with E-state index in [9.17, 15) is 14.4 Å². The Hall–Kier alpha value is -4.43. The lowest BCUT2D eigenvalue weighted by Gasteiger charge is -2.41. The molecule has 1 aliphatic rings. The van der Waals surface area contributed by atoms with Gasteiger partial charge in [0.05, 0.1) is 16.7 Å². The van der Waals surface area contributed by atoms with E-state index in [1.165, 1.54) is 7.11 Å². The molecule has 4 atom stereocenters. The summed E-state index contributed by atoms with van der Waals surface area (Å²) in [5.74, 6) is -2.14. The molecule has 3 aromatic carbocycles. The second kappa shape index (κ2) is 11.3. The van der Waals surface area contributed by atoms with Gasteiger partial charge in [-0.1, -0.05) is 61.2 Å². The van der Waals surface area contributed by atoms with Crippen molar-refractivity contribution in [3.63, 3.8) is 0 Å². The predicted octanol–water partition coefficient (Wildman–Crippen LogP) is 4.18. The molecule has 0 aromatic heterocycles. The fourth-order valence-electron chi connectivity index (χ4n) is 3.65. The first-order valence-electron chi connectivity index (χ1n) is 11.1. The highest BCUT2D eigenvalue weighted by molar-refractivity contribution is 5.91. The SMILES string of the molecule is C=C1O[C@H](OC)[C@@H](OC(=O)c2ccccc2)[C@@H](OC(=O)c2ccccc2)[C@@H]1OC(=O)c1ccccc1. The lowest BCUT2D eigenvalue weighted by Crippen LogP contribution is -2.57. The summed E-state index contributed by atoms with van der Waals surface area (Å²) in [7, 11) is 1.34. The minimum absolute atomic E-state index is 0.0241. The number of methoxy groups -OCH3 is 1. The zero-order chi connectivity index (χ0) is 25.5. The van der Waals surface area contributed by atoms with Crippen molar-refractivity contribution >= 4 is 17.9 Å².